The van der Waals surface area contributed by atoms with Crippen molar-refractivity contribution in [3.63, 3.8) is 0 Å². The van der Waals surface area contributed by atoms with E-state index in [-0.39, 0.29) is 16.9 Å². The Balaban J connectivity index is 2.10. The number of halogens is 5. The van der Waals surface area contributed by atoms with Gasteiger partial charge in [0.1, 0.15) is 11.8 Å². The van der Waals surface area contributed by atoms with E-state index in [9.17, 15) is 31.5 Å². The minimum atomic E-state index is -4.89. The maximum Gasteiger partial charge on any atom is 0.417 e. The number of primary amides is 1. The minimum Gasteiger partial charge on any atom is -0.493 e. The molecule has 1 aromatic carbocycles. The van der Waals surface area contributed by atoms with E-state index in [1.165, 1.54) is 19.2 Å². The lowest BCUT2D eigenvalue weighted by Gasteiger charge is -2.32. The number of anilines is 1. The number of methoxy groups -OCH3 is 1. The molecule has 1 aliphatic heterocycles. The summed E-state index contributed by atoms with van der Waals surface area (Å²) in [6.07, 6.45) is -5.41. The van der Waals surface area contributed by atoms with Crippen molar-refractivity contribution in [1.29, 1.82) is 0 Å². The Bertz CT molecular complexity index is 1140. The molecule has 2 aromatic rings. The summed E-state index contributed by atoms with van der Waals surface area (Å²) >= 11 is 0. The summed E-state index contributed by atoms with van der Waals surface area (Å²) in [7, 11) is 1.03. The Labute approximate surface area is 191 Å². The van der Waals surface area contributed by atoms with Gasteiger partial charge >= 0.3 is 6.18 Å². The number of nitrogens with two attached hydrogens (primary N) is 1. The molecule has 12 heteroatoms. The first-order valence-corrected chi connectivity index (χ1v) is 10.1. The summed E-state index contributed by atoms with van der Waals surface area (Å²) in [6.45, 7) is 3.53. The molecule has 0 aliphatic carbocycles. The van der Waals surface area contributed by atoms with Gasteiger partial charge < -0.3 is 20.5 Å². The molecule has 0 unspecified atom stereocenters. The number of nitrogens with one attached hydrogen (secondary N) is 1. The van der Waals surface area contributed by atoms with Crippen molar-refractivity contribution in [3.05, 3.63) is 52.9 Å². The van der Waals surface area contributed by atoms with Crippen LogP contribution in [0.5, 0.6) is 5.75 Å². The van der Waals surface area contributed by atoms with Crippen molar-refractivity contribution in [2.45, 2.75) is 44.6 Å². The number of benzene rings is 1. The molecular weight excluding hydrogens is 465 g/mol. The number of nitrogens with zero attached hydrogens (tertiary/aromatic N) is 1. The van der Waals surface area contributed by atoms with Crippen LogP contribution in [0.3, 0.4) is 0 Å². The van der Waals surface area contributed by atoms with Crippen LogP contribution in [-0.4, -0.2) is 41.8 Å². The second-order valence-electron chi connectivity index (χ2n) is 8.18. The van der Waals surface area contributed by atoms with Gasteiger partial charge in [-0.3, -0.25) is 14.6 Å². The summed E-state index contributed by atoms with van der Waals surface area (Å²) < 4.78 is 80.4. The first kappa shape index (κ1) is 25.3. The van der Waals surface area contributed by atoms with E-state index in [2.05, 4.69) is 10.3 Å². The molecule has 7 nitrogen and oxygen atoms in total. The zero-order valence-corrected chi connectivity index (χ0v) is 18.6. The molecule has 0 saturated carbocycles. The SMILES string of the molecule is COc1c([C@@H]2[C@@H](C(=O)Nc3cc(C(N)=O)ncc3C)O[C@](C)(C(F)(F)F)[C@@H]2C)ccc(F)c1F. The summed E-state index contributed by atoms with van der Waals surface area (Å²) in [5.74, 6) is -7.94. The van der Waals surface area contributed by atoms with Crippen molar-refractivity contribution < 1.29 is 41.0 Å². The number of aromatic nitrogens is 1. The zero-order valence-electron chi connectivity index (χ0n) is 18.6. The molecule has 1 saturated heterocycles. The molecule has 1 fully saturated rings. The molecule has 0 radical (unpaired) electrons. The van der Waals surface area contributed by atoms with Crippen molar-refractivity contribution in [3.8, 4) is 5.75 Å². The van der Waals surface area contributed by atoms with Crippen molar-refractivity contribution in [2.75, 3.05) is 12.4 Å². The third-order valence-corrected chi connectivity index (χ3v) is 6.18. The standard InChI is InChI=1S/C22H22F5N3O4/c1-9-8-29-14(19(28)31)7-13(9)30-20(32)18-15(10(2)21(3,34-18)22(25,26)27)11-5-6-12(23)16(24)17(11)33-4/h5-8,10,15,18H,1-4H3,(H2,28,31)(H,29,30,32)/t10-,15-,18+,21+/m1/s1. The molecule has 184 valence electrons. The van der Waals surface area contributed by atoms with E-state index in [1.807, 2.05) is 0 Å². The fourth-order valence-corrected chi connectivity index (χ4v) is 4.04. The maximum atomic E-state index is 14.4. The van der Waals surface area contributed by atoms with Gasteiger partial charge in [-0.1, -0.05) is 13.0 Å². The van der Waals surface area contributed by atoms with Gasteiger partial charge in [-0.2, -0.15) is 17.6 Å². The van der Waals surface area contributed by atoms with Crippen LogP contribution < -0.4 is 15.8 Å². The van der Waals surface area contributed by atoms with E-state index in [1.54, 1.807) is 6.92 Å². The highest BCUT2D eigenvalue weighted by Gasteiger charge is 2.65. The normalized spacial score (nSPS) is 24.7. The van der Waals surface area contributed by atoms with Crippen LogP contribution >= 0.6 is 0 Å². The molecule has 0 bridgehead atoms. The van der Waals surface area contributed by atoms with Gasteiger partial charge in [0.05, 0.1) is 7.11 Å². The Kier molecular flexibility index (Phi) is 6.57. The van der Waals surface area contributed by atoms with E-state index >= 15 is 0 Å². The Morgan fingerprint density at radius 1 is 1.26 bits per heavy atom. The fourth-order valence-electron chi connectivity index (χ4n) is 4.04. The number of carbonyl (C=O) groups excluding carboxylic acids is 2. The molecule has 34 heavy (non-hydrogen) atoms. The Morgan fingerprint density at radius 2 is 1.91 bits per heavy atom. The minimum absolute atomic E-state index is 0.0710. The Morgan fingerprint density at radius 3 is 2.47 bits per heavy atom. The molecular formula is C22H22F5N3O4. The monoisotopic (exact) mass is 487 g/mol. The summed E-state index contributed by atoms with van der Waals surface area (Å²) in [5, 5.41) is 2.43. The van der Waals surface area contributed by atoms with E-state index < -0.39 is 58.9 Å². The van der Waals surface area contributed by atoms with Crippen LogP contribution in [0.2, 0.25) is 0 Å². The third-order valence-electron chi connectivity index (χ3n) is 6.18. The van der Waals surface area contributed by atoms with Crippen LogP contribution in [0.25, 0.3) is 0 Å². The lowest BCUT2D eigenvalue weighted by Crippen LogP contribution is -2.47. The predicted molar refractivity (Wildman–Crippen MR) is 110 cm³/mol. The van der Waals surface area contributed by atoms with Gasteiger partial charge in [-0.05, 0) is 31.5 Å². The van der Waals surface area contributed by atoms with Gasteiger partial charge in [-0.25, -0.2) is 4.39 Å². The summed E-state index contributed by atoms with van der Waals surface area (Å²) in [6, 6.07) is 2.97. The first-order chi connectivity index (χ1) is 15.7. The average Bonchev–Trinajstić information content (AvgIpc) is 3.03. The topological polar surface area (TPSA) is 104 Å². The predicted octanol–water partition coefficient (Wildman–Crippen LogP) is 3.85. The average molecular weight is 487 g/mol. The molecule has 1 aliphatic rings. The van der Waals surface area contributed by atoms with Crippen LogP contribution in [0.4, 0.5) is 27.6 Å². The number of amides is 2. The fraction of sp³-hybridized carbons (Fsp3) is 0.409. The van der Waals surface area contributed by atoms with E-state index in [4.69, 9.17) is 15.2 Å². The van der Waals surface area contributed by atoms with Gasteiger partial charge in [0.15, 0.2) is 17.2 Å². The second kappa shape index (κ2) is 8.82. The van der Waals surface area contributed by atoms with Gasteiger partial charge in [0, 0.05) is 29.3 Å². The number of hydrogen-bond acceptors (Lipinski definition) is 5. The quantitative estimate of drug-likeness (QED) is 0.624. The molecule has 2 amide bonds. The van der Waals surface area contributed by atoms with Crippen molar-refractivity contribution in [2.24, 2.45) is 11.7 Å². The number of alkyl halides is 3. The lowest BCUT2D eigenvalue weighted by atomic mass is 9.77. The maximum absolute atomic E-state index is 14.4. The second-order valence-corrected chi connectivity index (χ2v) is 8.18. The molecule has 3 rings (SSSR count). The van der Waals surface area contributed by atoms with Crippen molar-refractivity contribution >= 4 is 17.5 Å². The lowest BCUT2D eigenvalue weighted by molar-refractivity contribution is -0.272. The zero-order chi connectivity index (χ0) is 25.6. The molecule has 1 aromatic heterocycles. The van der Waals surface area contributed by atoms with Crippen molar-refractivity contribution in [1.82, 2.24) is 4.98 Å². The number of carbonyl (C=O) groups is 2. The largest absolute Gasteiger partial charge is 0.493 e. The number of aryl methyl sites for hydroxylation is 1. The highest BCUT2D eigenvalue weighted by Crippen LogP contribution is 2.55. The van der Waals surface area contributed by atoms with Crippen LogP contribution in [-0.2, 0) is 9.53 Å². The smallest absolute Gasteiger partial charge is 0.417 e. The van der Waals surface area contributed by atoms with Gasteiger partial charge in [-0.15, -0.1) is 0 Å². The first-order valence-electron chi connectivity index (χ1n) is 10.1. The van der Waals surface area contributed by atoms with Crippen LogP contribution in [0, 0.1) is 24.5 Å². The summed E-state index contributed by atoms with van der Waals surface area (Å²) in [4.78, 5) is 28.4. The number of hydrogen-bond donors (Lipinski definition) is 2. The number of rotatable bonds is 5. The van der Waals surface area contributed by atoms with Crippen LogP contribution in [0.1, 0.15) is 41.4 Å². The number of pyridine rings is 1. The van der Waals surface area contributed by atoms with Crippen LogP contribution in [0.15, 0.2) is 24.4 Å². The van der Waals surface area contributed by atoms with Gasteiger partial charge in [0.2, 0.25) is 5.82 Å². The Hall–Kier alpha value is -3.28. The molecule has 3 N–H and O–H groups in total. The molecule has 2 heterocycles. The highest BCUT2D eigenvalue weighted by molar-refractivity contribution is 5.98. The van der Waals surface area contributed by atoms with E-state index in [0.717, 1.165) is 26.2 Å². The van der Waals surface area contributed by atoms with E-state index in [0.29, 0.717) is 5.56 Å². The molecule has 4 atom stereocenters. The number of ether oxygens (including phenoxy) is 2. The molecule has 0 spiro atoms. The van der Waals surface area contributed by atoms with Gasteiger partial charge in [0.25, 0.3) is 11.8 Å². The third kappa shape index (κ3) is 4.17. The summed E-state index contributed by atoms with van der Waals surface area (Å²) in [5.41, 5.74) is 2.53. The highest BCUT2D eigenvalue weighted by atomic mass is 19.4.